The molecule has 0 saturated heterocycles. The van der Waals surface area contributed by atoms with Gasteiger partial charge in [0.25, 0.3) is 0 Å². The predicted molar refractivity (Wildman–Crippen MR) is 70.1 cm³/mol. The van der Waals surface area contributed by atoms with Crippen LogP contribution in [0, 0.1) is 0 Å². The zero-order valence-electron chi connectivity index (χ0n) is 11.1. The summed E-state index contributed by atoms with van der Waals surface area (Å²) in [6.07, 6.45) is 0. The zero-order valence-corrected chi connectivity index (χ0v) is 12.7. The molecule has 7 heteroatoms. The van der Waals surface area contributed by atoms with Gasteiger partial charge in [0.05, 0.1) is 31.7 Å². The van der Waals surface area contributed by atoms with Gasteiger partial charge in [-0.1, -0.05) is 0 Å². The molecule has 2 heterocycles. The standard InChI is InChI=1S/C12H18N4O2.BrH/c1-3-15(4-2)7-8-16-11-9(13-12(16)18)5-6-10(17)14-11;/h5-6H,3-4,7-8H2,1-2H3,(H,13,18)(H,14,17);1H. The Balaban J connectivity index is 0.00000180. The van der Waals surface area contributed by atoms with Gasteiger partial charge in [0.1, 0.15) is 5.65 Å². The van der Waals surface area contributed by atoms with Crippen molar-refractivity contribution in [3.05, 3.63) is 33.0 Å². The third kappa shape index (κ3) is 3.36. The van der Waals surface area contributed by atoms with E-state index in [-0.39, 0.29) is 28.2 Å². The minimum atomic E-state index is -0.189. The minimum Gasteiger partial charge on any atom is -1.00 e. The van der Waals surface area contributed by atoms with Crippen LogP contribution in [0.4, 0.5) is 0 Å². The lowest BCUT2D eigenvalue weighted by Gasteiger charge is -2.15. The van der Waals surface area contributed by atoms with Gasteiger partial charge in [-0.05, 0) is 19.9 Å². The number of aromatic nitrogens is 3. The number of halogens is 1. The van der Waals surface area contributed by atoms with E-state index in [4.69, 9.17) is 0 Å². The number of fused-ring (bicyclic) bond motifs is 1. The molecular formula is C12H19BrN4O2. The van der Waals surface area contributed by atoms with Crippen LogP contribution in [-0.4, -0.2) is 34.2 Å². The molecule has 0 aliphatic heterocycles. The molecule has 0 unspecified atom stereocenters. The Hall–Kier alpha value is -1.34. The number of quaternary nitrogens is 1. The molecule has 0 saturated carbocycles. The number of aromatic amines is 2. The van der Waals surface area contributed by atoms with Gasteiger partial charge in [-0.3, -0.25) is 9.36 Å². The predicted octanol–water partition coefficient (Wildman–Crippen LogP) is -4.05. The fraction of sp³-hybridized carbons (Fsp3) is 0.500. The number of nitrogens with zero attached hydrogens (tertiary/aromatic N) is 1. The van der Waals surface area contributed by atoms with Crippen LogP contribution in [0.3, 0.4) is 0 Å². The average molecular weight is 331 g/mol. The van der Waals surface area contributed by atoms with E-state index in [1.54, 1.807) is 10.6 Å². The first kappa shape index (κ1) is 15.7. The van der Waals surface area contributed by atoms with E-state index in [0.29, 0.717) is 17.7 Å². The summed E-state index contributed by atoms with van der Waals surface area (Å²) >= 11 is 0. The molecule has 0 aliphatic carbocycles. The molecule has 19 heavy (non-hydrogen) atoms. The summed E-state index contributed by atoms with van der Waals surface area (Å²) in [7, 11) is 0. The van der Waals surface area contributed by atoms with Crippen molar-refractivity contribution in [3.63, 3.8) is 0 Å². The summed E-state index contributed by atoms with van der Waals surface area (Å²) < 4.78 is 1.60. The normalized spacial score (nSPS) is 10.9. The number of hydrogen-bond acceptors (Lipinski definition) is 2. The Bertz CT molecular complexity index is 639. The van der Waals surface area contributed by atoms with Crippen LogP contribution in [0.15, 0.2) is 21.7 Å². The molecule has 6 nitrogen and oxygen atoms in total. The quantitative estimate of drug-likeness (QED) is 0.522. The van der Waals surface area contributed by atoms with Crippen molar-refractivity contribution >= 4 is 11.2 Å². The van der Waals surface area contributed by atoms with Crippen molar-refractivity contribution in [2.24, 2.45) is 0 Å². The monoisotopic (exact) mass is 330 g/mol. The second-order valence-corrected chi connectivity index (χ2v) is 4.37. The van der Waals surface area contributed by atoms with Crippen LogP contribution in [-0.2, 0) is 6.54 Å². The Morgan fingerprint density at radius 2 is 1.84 bits per heavy atom. The fourth-order valence-corrected chi connectivity index (χ4v) is 2.15. The van der Waals surface area contributed by atoms with Gasteiger partial charge < -0.3 is 31.8 Å². The van der Waals surface area contributed by atoms with Gasteiger partial charge in [-0.15, -0.1) is 0 Å². The summed E-state index contributed by atoms with van der Waals surface area (Å²) in [6, 6.07) is 3.05. The van der Waals surface area contributed by atoms with Gasteiger partial charge in [0, 0.05) is 6.07 Å². The van der Waals surface area contributed by atoms with E-state index in [1.807, 2.05) is 0 Å². The smallest absolute Gasteiger partial charge is 0.327 e. The van der Waals surface area contributed by atoms with E-state index in [1.165, 1.54) is 11.0 Å². The van der Waals surface area contributed by atoms with Gasteiger partial charge in [0.2, 0.25) is 5.56 Å². The topological polar surface area (TPSA) is 75.1 Å². The number of rotatable bonds is 5. The van der Waals surface area contributed by atoms with Gasteiger partial charge in [0.15, 0.2) is 0 Å². The second kappa shape index (κ2) is 6.72. The van der Waals surface area contributed by atoms with Crippen LogP contribution in [0.1, 0.15) is 13.8 Å². The number of pyridine rings is 1. The SMILES string of the molecule is CC[NH+](CC)CCn1c(=O)[nH]c2ccc(=O)[nH]c21.[Br-]. The van der Waals surface area contributed by atoms with E-state index >= 15 is 0 Å². The maximum Gasteiger partial charge on any atom is 0.327 e. The van der Waals surface area contributed by atoms with Crippen molar-refractivity contribution in [2.45, 2.75) is 20.4 Å². The van der Waals surface area contributed by atoms with E-state index in [2.05, 4.69) is 23.8 Å². The van der Waals surface area contributed by atoms with Crippen LogP contribution in [0.5, 0.6) is 0 Å². The lowest BCUT2D eigenvalue weighted by molar-refractivity contribution is -0.897. The summed E-state index contributed by atoms with van der Waals surface area (Å²) in [4.78, 5) is 30.0. The Morgan fingerprint density at radius 3 is 2.47 bits per heavy atom. The molecule has 0 atom stereocenters. The van der Waals surface area contributed by atoms with Crippen LogP contribution < -0.4 is 33.1 Å². The highest BCUT2D eigenvalue weighted by Gasteiger charge is 2.09. The number of hydrogen-bond donors (Lipinski definition) is 3. The molecule has 2 aromatic rings. The maximum atomic E-state index is 11.8. The van der Waals surface area contributed by atoms with Crippen molar-refractivity contribution < 1.29 is 21.9 Å². The molecule has 2 aromatic heterocycles. The lowest BCUT2D eigenvalue weighted by atomic mass is 10.4. The van der Waals surface area contributed by atoms with Crippen molar-refractivity contribution in [3.8, 4) is 0 Å². The maximum absolute atomic E-state index is 11.8. The Kier molecular flexibility index (Phi) is 5.56. The average Bonchev–Trinajstić information content (AvgIpc) is 2.66. The fourth-order valence-electron chi connectivity index (χ4n) is 2.15. The summed E-state index contributed by atoms with van der Waals surface area (Å²) in [5.74, 6) is 0. The highest BCUT2D eigenvalue weighted by Crippen LogP contribution is 2.02. The summed E-state index contributed by atoms with van der Waals surface area (Å²) in [6.45, 7) is 7.79. The van der Waals surface area contributed by atoms with E-state index in [9.17, 15) is 9.59 Å². The van der Waals surface area contributed by atoms with Crippen molar-refractivity contribution in [2.75, 3.05) is 19.6 Å². The number of nitrogens with one attached hydrogen (secondary N) is 3. The Labute approximate surface area is 121 Å². The number of H-pyrrole nitrogens is 2. The second-order valence-electron chi connectivity index (χ2n) is 4.37. The molecule has 0 radical (unpaired) electrons. The first-order chi connectivity index (χ1) is 8.65. The summed E-state index contributed by atoms with van der Waals surface area (Å²) in [5, 5.41) is 0. The Morgan fingerprint density at radius 1 is 1.16 bits per heavy atom. The highest BCUT2D eigenvalue weighted by molar-refractivity contribution is 5.69. The molecule has 0 amide bonds. The molecule has 0 spiro atoms. The molecule has 3 N–H and O–H groups in total. The van der Waals surface area contributed by atoms with Crippen LogP contribution >= 0.6 is 0 Å². The van der Waals surface area contributed by atoms with Crippen molar-refractivity contribution in [1.82, 2.24) is 14.5 Å². The molecule has 106 valence electrons. The first-order valence-electron chi connectivity index (χ1n) is 6.31. The molecule has 0 aromatic carbocycles. The minimum absolute atomic E-state index is 0. The summed E-state index contributed by atoms with van der Waals surface area (Å²) in [5.41, 5.74) is 0.900. The lowest BCUT2D eigenvalue weighted by Crippen LogP contribution is -3.11. The number of imidazole rings is 1. The highest BCUT2D eigenvalue weighted by atomic mass is 79.9. The van der Waals surface area contributed by atoms with Crippen LogP contribution in [0.2, 0.25) is 0 Å². The molecule has 2 rings (SSSR count). The molecule has 0 aliphatic rings. The van der Waals surface area contributed by atoms with E-state index in [0.717, 1.165) is 19.6 Å². The van der Waals surface area contributed by atoms with E-state index < -0.39 is 0 Å². The first-order valence-corrected chi connectivity index (χ1v) is 6.31. The molecular weight excluding hydrogens is 312 g/mol. The largest absolute Gasteiger partial charge is 1.00 e. The zero-order chi connectivity index (χ0) is 13.1. The third-order valence-electron chi connectivity index (χ3n) is 3.34. The molecule has 0 bridgehead atoms. The van der Waals surface area contributed by atoms with Gasteiger partial charge >= 0.3 is 5.69 Å². The molecule has 0 fully saturated rings. The van der Waals surface area contributed by atoms with Crippen LogP contribution in [0.25, 0.3) is 11.2 Å². The van der Waals surface area contributed by atoms with Crippen molar-refractivity contribution in [1.29, 1.82) is 0 Å². The van der Waals surface area contributed by atoms with Gasteiger partial charge in [-0.2, -0.15) is 0 Å². The third-order valence-corrected chi connectivity index (χ3v) is 3.34. The number of likely N-dealkylation sites (N-methyl/N-ethyl adjacent to an activating group) is 1. The van der Waals surface area contributed by atoms with Gasteiger partial charge in [-0.25, -0.2) is 4.79 Å².